The molecule has 0 radical (unpaired) electrons. The molecule has 2 unspecified atom stereocenters. The molecule has 1 saturated carbocycles. The molecular weight excluding hydrogens is 398 g/mol. The van der Waals surface area contributed by atoms with Gasteiger partial charge in [0.2, 0.25) is 0 Å². The first-order chi connectivity index (χ1) is 16.3. The Morgan fingerprint density at radius 3 is 2.06 bits per heavy atom. The molecule has 2 aromatic rings. The monoisotopic (exact) mass is 447 g/mol. The topological polar surface area (TPSA) is 12.9 Å². The van der Waals surface area contributed by atoms with E-state index in [9.17, 15) is 0 Å². The number of hydrogen-bond acceptors (Lipinski definition) is 1. The van der Waals surface area contributed by atoms with Crippen LogP contribution in [0.1, 0.15) is 121 Å². The molecule has 1 fully saturated rings. The summed E-state index contributed by atoms with van der Waals surface area (Å²) < 4.78 is 0. The van der Waals surface area contributed by atoms with Gasteiger partial charge in [-0.25, -0.2) is 0 Å². The predicted octanol–water partition coefficient (Wildman–Crippen LogP) is 9.97. The van der Waals surface area contributed by atoms with Gasteiger partial charge in [0.1, 0.15) is 0 Å². The zero-order valence-electron chi connectivity index (χ0n) is 21.7. The maximum Gasteiger partial charge on any atom is 0.0702 e. The van der Waals surface area contributed by atoms with Crippen molar-refractivity contribution in [3.05, 3.63) is 53.7 Å². The summed E-state index contributed by atoms with van der Waals surface area (Å²) >= 11 is 0. The van der Waals surface area contributed by atoms with Gasteiger partial charge in [-0.3, -0.25) is 4.98 Å². The third-order valence-corrected chi connectivity index (χ3v) is 7.84. The summed E-state index contributed by atoms with van der Waals surface area (Å²) in [4.78, 5) is 4.77. The van der Waals surface area contributed by atoms with Crippen molar-refractivity contribution in [3.8, 4) is 11.3 Å². The van der Waals surface area contributed by atoms with E-state index in [2.05, 4.69) is 56.4 Å². The number of unbranched alkanes of at least 4 members (excludes halogenated alkanes) is 7. The molecule has 0 bridgehead atoms. The van der Waals surface area contributed by atoms with Crippen molar-refractivity contribution in [2.45, 2.75) is 123 Å². The Balaban J connectivity index is 1.39. The fourth-order valence-corrected chi connectivity index (χ4v) is 5.68. The summed E-state index contributed by atoms with van der Waals surface area (Å²) in [6.07, 6.45) is 25.6. The van der Waals surface area contributed by atoms with E-state index in [1.54, 1.807) is 0 Å². The molecule has 0 amide bonds. The average Bonchev–Trinajstić information content (AvgIpc) is 2.86. The summed E-state index contributed by atoms with van der Waals surface area (Å²) in [6.45, 7) is 4.60. The van der Waals surface area contributed by atoms with Crippen LogP contribution in [0.3, 0.4) is 0 Å². The lowest BCUT2D eigenvalue weighted by molar-refractivity contribution is 0.240. The molecule has 1 heterocycles. The van der Waals surface area contributed by atoms with E-state index >= 15 is 0 Å². The summed E-state index contributed by atoms with van der Waals surface area (Å²) in [7, 11) is 0. The van der Waals surface area contributed by atoms with Crippen molar-refractivity contribution in [3.63, 3.8) is 0 Å². The van der Waals surface area contributed by atoms with Gasteiger partial charge in [0.25, 0.3) is 0 Å². The Kier molecular flexibility index (Phi) is 12.1. The van der Waals surface area contributed by atoms with Crippen LogP contribution < -0.4 is 0 Å². The van der Waals surface area contributed by atoms with E-state index in [-0.39, 0.29) is 0 Å². The largest absolute Gasteiger partial charge is 0.256 e. The zero-order chi connectivity index (χ0) is 23.1. The Bertz CT molecular complexity index is 745. The van der Waals surface area contributed by atoms with Gasteiger partial charge in [-0.2, -0.15) is 0 Å². The van der Waals surface area contributed by atoms with Crippen molar-refractivity contribution in [1.29, 1.82) is 0 Å². The van der Waals surface area contributed by atoms with E-state index in [1.165, 1.54) is 126 Å². The lowest BCUT2D eigenvalue weighted by atomic mass is 9.77. The van der Waals surface area contributed by atoms with Crippen LogP contribution >= 0.6 is 0 Å². The van der Waals surface area contributed by atoms with Gasteiger partial charge in [0.15, 0.2) is 0 Å². The second-order valence-electron chi connectivity index (χ2n) is 10.7. The summed E-state index contributed by atoms with van der Waals surface area (Å²) in [6, 6.07) is 13.7. The first-order valence-electron chi connectivity index (χ1n) is 14.3. The summed E-state index contributed by atoms with van der Waals surface area (Å²) in [5.74, 6) is 1.96. The zero-order valence-corrected chi connectivity index (χ0v) is 21.7. The molecule has 1 aliphatic carbocycles. The maximum absolute atomic E-state index is 4.77. The fraction of sp³-hybridized carbons (Fsp3) is 0.656. The van der Waals surface area contributed by atoms with E-state index in [4.69, 9.17) is 4.98 Å². The molecule has 1 aromatic carbocycles. The van der Waals surface area contributed by atoms with Crippen LogP contribution in [0.5, 0.6) is 0 Å². The van der Waals surface area contributed by atoms with Gasteiger partial charge in [-0.1, -0.05) is 121 Å². The average molecular weight is 448 g/mol. The highest BCUT2D eigenvalue weighted by Gasteiger charge is 2.21. The molecule has 1 aliphatic rings. The molecule has 182 valence electrons. The second kappa shape index (κ2) is 15.3. The lowest BCUT2D eigenvalue weighted by Gasteiger charge is -2.29. The molecular formula is C32H49N. The van der Waals surface area contributed by atoms with Crippen molar-refractivity contribution >= 4 is 0 Å². The van der Waals surface area contributed by atoms with E-state index in [0.717, 1.165) is 17.5 Å². The molecule has 0 saturated heterocycles. The van der Waals surface area contributed by atoms with Crippen molar-refractivity contribution in [2.75, 3.05) is 0 Å². The van der Waals surface area contributed by atoms with E-state index < -0.39 is 0 Å². The minimum Gasteiger partial charge on any atom is -0.256 e. The lowest BCUT2D eigenvalue weighted by Crippen LogP contribution is -2.16. The van der Waals surface area contributed by atoms with Gasteiger partial charge < -0.3 is 0 Å². The standard InChI is InChI=1S/C32H49N/c1-3-5-7-8-9-11-14-30-21-24-32(33-26-30)31-22-19-27(20-23-31)17-18-29-16-12-15-28(25-29)13-10-6-4-2/h19-24,26,28-29H,3-18,25H2,1-2H3. The van der Waals surface area contributed by atoms with E-state index in [0.29, 0.717) is 0 Å². The highest BCUT2D eigenvalue weighted by molar-refractivity contribution is 5.59. The highest BCUT2D eigenvalue weighted by atomic mass is 14.7. The highest BCUT2D eigenvalue weighted by Crippen LogP contribution is 2.35. The van der Waals surface area contributed by atoms with Crippen LogP contribution in [-0.4, -0.2) is 4.98 Å². The van der Waals surface area contributed by atoms with Crippen molar-refractivity contribution in [1.82, 2.24) is 4.98 Å². The van der Waals surface area contributed by atoms with Gasteiger partial charge >= 0.3 is 0 Å². The maximum atomic E-state index is 4.77. The molecule has 1 heteroatoms. The molecule has 0 N–H and O–H groups in total. The van der Waals surface area contributed by atoms with Crippen LogP contribution in [0, 0.1) is 11.8 Å². The minimum atomic E-state index is 0.950. The summed E-state index contributed by atoms with van der Waals surface area (Å²) in [5.41, 5.74) is 5.23. The van der Waals surface area contributed by atoms with Crippen LogP contribution in [0.25, 0.3) is 11.3 Å². The normalized spacial score (nSPS) is 18.5. The number of pyridine rings is 1. The second-order valence-corrected chi connectivity index (χ2v) is 10.7. The van der Waals surface area contributed by atoms with E-state index in [1.807, 2.05) is 0 Å². The Hall–Kier alpha value is -1.63. The number of benzene rings is 1. The third kappa shape index (κ3) is 9.63. The van der Waals surface area contributed by atoms with Crippen LogP contribution in [-0.2, 0) is 12.8 Å². The number of aromatic nitrogens is 1. The molecule has 0 spiro atoms. The first-order valence-corrected chi connectivity index (χ1v) is 14.3. The van der Waals surface area contributed by atoms with Gasteiger partial charge in [0.05, 0.1) is 5.69 Å². The van der Waals surface area contributed by atoms with Crippen molar-refractivity contribution in [2.24, 2.45) is 11.8 Å². The van der Waals surface area contributed by atoms with Crippen LogP contribution in [0.15, 0.2) is 42.6 Å². The first kappa shape index (κ1) is 26.0. The predicted molar refractivity (Wildman–Crippen MR) is 145 cm³/mol. The SMILES string of the molecule is CCCCCCCCc1ccc(-c2ccc(CCC3CCCC(CCCCC)C3)cc2)nc1. The Morgan fingerprint density at radius 2 is 1.33 bits per heavy atom. The smallest absolute Gasteiger partial charge is 0.0702 e. The van der Waals surface area contributed by atoms with Crippen molar-refractivity contribution < 1.29 is 0 Å². The van der Waals surface area contributed by atoms with Crippen LogP contribution in [0.2, 0.25) is 0 Å². The molecule has 1 aromatic heterocycles. The molecule has 2 atom stereocenters. The Morgan fingerprint density at radius 1 is 0.667 bits per heavy atom. The molecule has 3 rings (SSSR count). The number of aryl methyl sites for hydroxylation is 2. The quantitative estimate of drug-likeness (QED) is 0.247. The minimum absolute atomic E-state index is 0.950. The molecule has 0 aliphatic heterocycles. The Labute approximate surface area is 204 Å². The number of rotatable bonds is 15. The molecule has 33 heavy (non-hydrogen) atoms. The third-order valence-electron chi connectivity index (χ3n) is 7.84. The fourth-order valence-electron chi connectivity index (χ4n) is 5.68. The molecule has 1 nitrogen and oxygen atoms in total. The number of hydrogen-bond donors (Lipinski definition) is 0. The number of nitrogens with zero attached hydrogens (tertiary/aromatic N) is 1. The van der Waals surface area contributed by atoms with Gasteiger partial charge in [0, 0.05) is 11.8 Å². The van der Waals surface area contributed by atoms with Crippen LogP contribution in [0.4, 0.5) is 0 Å². The van der Waals surface area contributed by atoms with Gasteiger partial charge in [-0.15, -0.1) is 0 Å². The van der Waals surface area contributed by atoms with Gasteiger partial charge in [-0.05, 0) is 61.1 Å². The summed E-state index contributed by atoms with van der Waals surface area (Å²) in [5, 5.41) is 0.